The molecule has 184 valence electrons. The summed E-state index contributed by atoms with van der Waals surface area (Å²) in [6, 6.07) is 20.3. The van der Waals surface area contributed by atoms with Crippen molar-refractivity contribution in [2.75, 3.05) is 24.4 Å². The minimum absolute atomic E-state index is 0.236. The lowest BCUT2D eigenvalue weighted by molar-refractivity contribution is -0.118. The molecule has 0 aliphatic heterocycles. The van der Waals surface area contributed by atoms with Gasteiger partial charge in [-0.3, -0.25) is 9.59 Å². The van der Waals surface area contributed by atoms with Crippen molar-refractivity contribution in [2.24, 2.45) is 0 Å². The Hall–Kier alpha value is -4.59. The number of carbonyl (C=O) groups excluding carboxylic acids is 2. The first-order valence-corrected chi connectivity index (χ1v) is 11.5. The Morgan fingerprint density at radius 3 is 2.47 bits per heavy atom. The lowest BCUT2D eigenvalue weighted by atomic mass is 10.1. The molecule has 36 heavy (non-hydrogen) atoms. The molecule has 0 saturated heterocycles. The summed E-state index contributed by atoms with van der Waals surface area (Å²) in [5, 5.41) is 6.38. The Morgan fingerprint density at radius 1 is 0.944 bits per heavy atom. The van der Waals surface area contributed by atoms with E-state index in [1.807, 2.05) is 19.1 Å². The van der Waals surface area contributed by atoms with E-state index in [-0.39, 0.29) is 18.4 Å². The molecule has 0 unspecified atom stereocenters. The van der Waals surface area contributed by atoms with Gasteiger partial charge in [0.15, 0.2) is 6.61 Å². The van der Waals surface area contributed by atoms with Crippen molar-refractivity contribution in [1.29, 1.82) is 0 Å². The molecule has 1 aromatic heterocycles. The van der Waals surface area contributed by atoms with Gasteiger partial charge in [-0.2, -0.15) is 0 Å². The highest BCUT2D eigenvalue weighted by Gasteiger charge is 2.11. The lowest BCUT2D eigenvalue weighted by Crippen LogP contribution is -2.20. The highest BCUT2D eigenvalue weighted by atomic mass is 16.5. The monoisotopic (exact) mass is 486 g/mol. The van der Waals surface area contributed by atoms with Crippen LogP contribution in [0.15, 0.2) is 82.0 Å². The number of nitrogens with one attached hydrogen (secondary N) is 2. The van der Waals surface area contributed by atoms with E-state index in [1.54, 1.807) is 54.6 Å². The summed E-state index contributed by atoms with van der Waals surface area (Å²) in [5.41, 5.74) is 2.44. The number of para-hydroxylation sites is 2. The fourth-order valence-corrected chi connectivity index (χ4v) is 3.77. The standard InChI is InChI=1S/C28H26N2O6/c1-3-6-19-15-27(32)36-25-16-21(13-14-22(19)25)35-17-26(31)29-20-11-9-18(10-12-20)28(33)30-23-7-4-5-8-24(23)34-2/h4-5,7-16H,3,6,17H2,1-2H3,(H,29,31)(H,30,33). The molecule has 0 aliphatic rings. The molecule has 0 atom stereocenters. The summed E-state index contributed by atoms with van der Waals surface area (Å²) in [4.78, 5) is 36.8. The zero-order chi connectivity index (χ0) is 25.5. The topological polar surface area (TPSA) is 107 Å². The van der Waals surface area contributed by atoms with Crippen LogP contribution in [-0.4, -0.2) is 25.5 Å². The second kappa shape index (κ2) is 11.2. The van der Waals surface area contributed by atoms with Gasteiger partial charge in [-0.05, 0) is 60.5 Å². The summed E-state index contributed by atoms with van der Waals surface area (Å²) in [7, 11) is 1.53. The number of anilines is 2. The van der Waals surface area contributed by atoms with E-state index in [4.69, 9.17) is 13.9 Å². The summed E-state index contributed by atoms with van der Waals surface area (Å²) < 4.78 is 16.1. The van der Waals surface area contributed by atoms with Gasteiger partial charge in [0.1, 0.15) is 17.1 Å². The Morgan fingerprint density at radius 2 is 1.72 bits per heavy atom. The van der Waals surface area contributed by atoms with Crippen LogP contribution in [0.25, 0.3) is 11.0 Å². The predicted molar refractivity (Wildman–Crippen MR) is 138 cm³/mol. The molecule has 0 spiro atoms. The summed E-state index contributed by atoms with van der Waals surface area (Å²) in [5.74, 6) is 0.302. The number of hydrogen-bond donors (Lipinski definition) is 2. The maximum absolute atomic E-state index is 12.5. The van der Waals surface area contributed by atoms with Gasteiger partial charge in [0.25, 0.3) is 11.8 Å². The normalized spacial score (nSPS) is 10.6. The fourth-order valence-electron chi connectivity index (χ4n) is 3.77. The summed E-state index contributed by atoms with van der Waals surface area (Å²) in [6.45, 7) is 1.81. The Labute approximate surface area is 207 Å². The number of ether oxygens (including phenoxy) is 2. The van der Waals surface area contributed by atoms with E-state index >= 15 is 0 Å². The van der Waals surface area contributed by atoms with Crippen LogP contribution >= 0.6 is 0 Å². The van der Waals surface area contributed by atoms with E-state index < -0.39 is 5.63 Å². The largest absolute Gasteiger partial charge is 0.495 e. The van der Waals surface area contributed by atoms with Crippen molar-refractivity contribution in [3.8, 4) is 11.5 Å². The Kier molecular flexibility index (Phi) is 7.65. The zero-order valence-electron chi connectivity index (χ0n) is 20.0. The van der Waals surface area contributed by atoms with Gasteiger partial charge in [0, 0.05) is 28.8 Å². The van der Waals surface area contributed by atoms with E-state index in [0.717, 1.165) is 23.8 Å². The van der Waals surface area contributed by atoms with Crippen molar-refractivity contribution in [1.82, 2.24) is 0 Å². The molecule has 8 nitrogen and oxygen atoms in total. The van der Waals surface area contributed by atoms with Gasteiger partial charge in [-0.25, -0.2) is 4.79 Å². The van der Waals surface area contributed by atoms with Gasteiger partial charge < -0.3 is 24.5 Å². The number of rotatable bonds is 9. The quantitative estimate of drug-likeness (QED) is 0.322. The SMILES string of the molecule is CCCc1cc(=O)oc2cc(OCC(=O)Nc3ccc(C(=O)Nc4ccccc4OC)cc3)ccc12. The molecule has 0 radical (unpaired) electrons. The first kappa shape index (κ1) is 24.5. The third-order valence-corrected chi connectivity index (χ3v) is 5.48. The average molecular weight is 487 g/mol. The lowest BCUT2D eigenvalue weighted by Gasteiger charge is -2.11. The smallest absolute Gasteiger partial charge is 0.336 e. The molecule has 0 fully saturated rings. The van der Waals surface area contributed by atoms with Crippen LogP contribution in [0.5, 0.6) is 11.5 Å². The molecular formula is C28H26N2O6. The van der Waals surface area contributed by atoms with Crippen LogP contribution in [0.1, 0.15) is 29.3 Å². The minimum atomic E-state index is -0.416. The van der Waals surface area contributed by atoms with Crippen molar-refractivity contribution < 1.29 is 23.5 Å². The van der Waals surface area contributed by atoms with Crippen molar-refractivity contribution in [3.05, 3.63) is 94.3 Å². The molecule has 2 N–H and O–H groups in total. The molecule has 3 aromatic carbocycles. The van der Waals surface area contributed by atoms with Gasteiger partial charge >= 0.3 is 5.63 Å². The second-order valence-corrected chi connectivity index (χ2v) is 8.07. The number of carbonyl (C=O) groups is 2. The molecule has 1 heterocycles. The van der Waals surface area contributed by atoms with Crippen molar-refractivity contribution >= 4 is 34.2 Å². The maximum atomic E-state index is 12.5. The number of fused-ring (bicyclic) bond motifs is 1. The third-order valence-electron chi connectivity index (χ3n) is 5.48. The molecule has 0 saturated carbocycles. The first-order chi connectivity index (χ1) is 17.5. The summed E-state index contributed by atoms with van der Waals surface area (Å²) >= 11 is 0. The highest BCUT2D eigenvalue weighted by Crippen LogP contribution is 2.25. The second-order valence-electron chi connectivity index (χ2n) is 8.07. The number of benzene rings is 3. The van der Waals surface area contributed by atoms with Gasteiger partial charge in [-0.1, -0.05) is 25.5 Å². The summed E-state index contributed by atoms with van der Waals surface area (Å²) in [6.07, 6.45) is 1.68. The van der Waals surface area contributed by atoms with Crippen LogP contribution < -0.4 is 25.7 Å². The van der Waals surface area contributed by atoms with E-state index in [0.29, 0.717) is 34.0 Å². The minimum Gasteiger partial charge on any atom is -0.495 e. The molecule has 4 rings (SSSR count). The molecule has 4 aromatic rings. The fraction of sp³-hybridized carbons (Fsp3) is 0.179. The third kappa shape index (κ3) is 5.90. The molecule has 8 heteroatoms. The van der Waals surface area contributed by atoms with E-state index in [9.17, 15) is 14.4 Å². The van der Waals surface area contributed by atoms with Crippen LogP contribution in [0.3, 0.4) is 0 Å². The van der Waals surface area contributed by atoms with Gasteiger partial charge in [0.05, 0.1) is 12.8 Å². The first-order valence-electron chi connectivity index (χ1n) is 11.5. The van der Waals surface area contributed by atoms with E-state index in [1.165, 1.54) is 13.2 Å². The van der Waals surface area contributed by atoms with Crippen LogP contribution in [0.2, 0.25) is 0 Å². The molecule has 2 amide bonds. The highest BCUT2D eigenvalue weighted by molar-refractivity contribution is 6.05. The zero-order valence-corrected chi connectivity index (χ0v) is 20.0. The van der Waals surface area contributed by atoms with Crippen LogP contribution in [0.4, 0.5) is 11.4 Å². The number of aryl methyl sites for hydroxylation is 1. The van der Waals surface area contributed by atoms with E-state index in [2.05, 4.69) is 10.6 Å². The molecule has 0 bridgehead atoms. The van der Waals surface area contributed by atoms with Gasteiger partial charge in [0.2, 0.25) is 0 Å². The van der Waals surface area contributed by atoms with Gasteiger partial charge in [-0.15, -0.1) is 0 Å². The van der Waals surface area contributed by atoms with Crippen molar-refractivity contribution in [2.45, 2.75) is 19.8 Å². The Balaban J connectivity index is 1.35. The maximum Gasteiger partial charge on any atom is 0.336 e. The number of amides is 2. The van der Waals surface area contributed by atoms with Crippen LogP contribution in [-0.2, 0) is 11.2 Å². The Bertz CT molecular complexity index is 1440. The predicted octanol–water partition coefficient (Wildman–Crippen LogP) is 5.02. The number of methoxy groups -OCH3 is 1. The number of hydrogen-bond acceptors (Lipinski definition) is 6. The van der Waals surface area contributed by atoms with Crippen molar-refractivity contribution in [3.63, 3.8) is 0 Å². The molecular weight excluding hydrogens is 460 g/mol. The van der Waals surface area contributed by atoms with Crippen LogP contribution in [0, 0.1) is 0 Å². The molecule has 0 aliphatic carbocycles. The average Bonchev–Trinajstić information content (AvgIpc) is 2.88.